The highest BCUT2D eigenvalue weighted by molar-refractivity contribution is 7.86. The molecule has 0 atom stereocenters. The third-order valence-electron chi connectivity index (χ3n) is 4.24. The number of carbonyl (C=O) groups is 1. The normalized spacial score (nSPS) is 15.8. The van der Waals surface area contributed by atoms with E-state index in [2.05, 4.69) is 10.0 Å². The van der Waals surface area contributed by atoms with Crippen LogP contribution >= 0.6 is 0 Å². The Morgan fingerprint density at radius 1 is 1.29 bits per heavy atom. The topological polar surface area (TPSA) is 116 Å². The van der Waals surface area contributed by atoms with Crippen LogP contribution in [0.15, 0.2) is 22.1 Å². The van der Waals surface area contributed by atoms with E-state index >= 15 is 0 Å². The Morgan fingerprint density at radius 2 is 1.89 bits per heavy atom. The summed E-state index contributed by atoms with van der Waals surface area (Å²) in [6, 6.07) is 2.80. The van der Waals surface area contributed by atoms with Gasteiger partial charge in [0.15, 0.2) is 0 Å². The Bertz CT molecular complexity index is 899. The van der Waals surface area contributed by atoms with Gasteiger partial charge in [-0.15, -0.1) is 3.89 Å². The molecule has 11 heteroatoms. The first-order valence-corrected chi connectivity index (χ1v) is 10.1. The van der Waals surface area contributed by atoms with Crippen LogP contribution in [-0.4, -0.2) is 56.1 Å². The quantitative estimate of drug-likeness (QED) is 0.323. The summed E-state index contributed by atoms with van der Waals surface area (Å²) in [6.07, 6.45) is -0.376. The summed E-state index contributed by atoms with van der Waals surface area (Å²) in [6.45, 7) is 9.13. The lowest BCUT2D eigenvalue weighted by Crippen LogP contribution is -2.49. The zero-order chi connectivity index (χ0) is 21.1. The van der Waals surface area contributed by atoms with Crippen molar-refractivity contribution in [3.05, 3.63) is 33.7 Å². The molecular weight excluding hydrogens is 389 g/mol. The number of hydrogen-bond acceptors (Lipinski definition) is 6. The molecular formula is C17H24FN5O4S. The number of piperazine rings is 1. The van der Waals surface area contributed by atoms with Crippen LogP contribution in [0.5, 0.6) is 0 Å². The van der Waals surface area contributed by atoms with E-state index in [1.54, 1.807) is 31.7 Å². The first kappa shape index (κ1) is 21.9. The van der Waals surface area contributed by atoms with E-state index in [1.807, 2.05) is 4.90 Å². The summed E-state index contributed by atoms with van der Waals surface area (Å²) in [7, 11) is -4.95. The second kappa shape index (κ2) is 8.34. The third kappa shape index (κ3) is 5.82. The number of nitrogens with zero attached hydrogens (tertiary/aromatic N) is 5. The van der Waals surface area contributed by atoms with Crippen LogP contribution < -0.4 is 0 Å². The number of rotatable bonds is 4. The van der Waals surface area contributed by atoms with E-state index in [0.717, 1.165) is 0 Å². The molecule has 1 heterocycles. The number of benzene rings is 1. The summed E-state index contributed by atoms with van der Waals surface area (Å²) in [4.78, 5) is 17.9. The fourth-order valence-corrected chi connectivity index (χ4v) is 3.66. The van der Waals surface area contributed by atoms with Gasteiger partial charge >= 0.3 is 16.3 Å². The molecule has 154 valence electrons. The van der Waals surface area contributed by atoms with Crippen molar-refractivity contribution in [1.29, 1.82) is 0 Å². The Balaban J connectivity index is 2.12. The maximum atomic E-state index is 13.6. The SMILES string of the molecule is Cc1c(N=[N+]=[N-])cc(CN2CCN(C(=O)OC(C)(C)C)CC2)cc1S(=O)(=O)F. The van der Waals surface area contributed by atoms with Crippen LogP contribution in [0, 0.1) is 6.92 Å². The molecule has 2 rings (SSSR count). The minimum absolute atomic E-state index is 0.0683. The first-order valence-electron chi connectivity index (χ1n) is 8.74. The number of ether oxygens (including phenoxy) is 1. The highest BCUT2D eigenvalue weighted by atomic mass is 32.3. The van der Waals surface area contributed by atoms with Crippen LogP contribution in [-0.2, 0) is 21.5 Å². The second-order valence-corrected chi connectivity index (χ2v) is 8.92. The van der Waals surface area contributed by atoms with Crippen LogP contribution in [0.2, 0.25) is 0 Å². The van der Waals surface area contributed by atoms with E-state index in [4.69, 9.17) is 10.3 Å². The van der Waals surface area contributed by atoms with Crippen LogP contribution in [0.4, 0.5) is 14.4 Å². The molecule has 0 saturated carbocycles. The predicted molar refractivity (Wildman–Crippen MR) is 101 cm³/mol. The fourth-order valence-electron chi connectivity index (χ4n) is 2.90. The Hall–Kier alpha value is -2.36. The molecule has 0 bridgehead atoms. The highest BCUT2D eigenvalue weighted by Gasteiger charge is 2.26. The molecule has 0 radical (unpaired) electrons. The minimum atomic E-state index is -4.95. The smallest absolute Gasteiger partial charge is 0.410 e. The molecule has 9 nitrogen and oxygen atoms in total. The molecule has 1 aliphatic heterocycles. The maximum absolute atomic E-state index is 13.6. The van der Waals surface area contributed by atoms with E-state index in [9.17, 15) is 17.1 Å². The molecule has 1 aliphatic rings. The molecule has 1 saturated heterocycles. The Kier molecular flexibility index (Phi) is 6.53. The fraction of sp³-hybridized carbons (Fsp3) is 0.588. The largest absolute Gasteiger partial charge is 0.444 e. The predicted octanol–water partition coefficient (Wildman–Crippen LogP) is 3.65. The molecule has 1 fully saturated rings. The molecule has 1 aromatic carbocycles. The first-order chi connectivity index (χ1) is 12.9. The van der Waals surface area contributed by atoms with Gasteiger partial charge in [-0.3, -0.25) is 4.90 Å². The Morgan fingerprint density at radius 3 is 2.39 bits per heavy atom. The van der Waals surface area contributed by atoms with Crippen molar-refractivity contribution in [1.82, 2.24) is 9.80 Å². The summed E-state index contributed by atoms with van der Waals surface area (Å²) >= 11 is 0. The van der Waals surface area contributed by atoms with Crippen molar-refractivity contribution in [2.45, 2.75) is 44.7 Å². The third-order valence-corrected chi connectivity index (χ3v) is 5.19. The molecule has 28 heavy (non-hydrogen) atoms. The van der Waals surface area contributed by atoms with Crippen molar-refractivity contribution < 1.29 is 21.8 Å². The van der Waals surface area contributed by atoms with E-state index in [0.29, 0.717) is 38.3 Å². The second-order valence-electron chi connectivity index (χ2n) is 7.61. The van der Waals surface area contributed by atoms with Gasteiger partial charge in [-0.2, -0.15) is 8.42 Å². The van der Waals surface area contributed by atoms with E-state index in [-0.39, 0.29) is 17.3 Å². The van der Waals surface area contributed by atoms with Crippen LogP contribution in [0.25, 0.3) is 10.4 Å². The van der Waals surface area contributed by atoms with Gasteiger partial charge in [0.1, 0.15) is 10.5 Å². The number of hydrogen-bond donors (Lipinski definition) is 0. The molecule has 0 spiro atoms. The summed E-state index contributed by atoms with van der Waals surface area (Å²) < 4.78 is 41.8. The van der Waals surface area contributed by atoms with Gasteiger partial charge < -0.3 is 9.64 Å². The van der Waals surface area contributed by atoms with E-state index < -0.39 is 20.7 Å². The minimum Gasteiger partial charge on any atom is -0.444 e. The molecule has 0 aliphatic carbocycles. The van der Waals surface area contributed by atoms with Crippen molar-refractivity contribution >= 4 is 22.0 Å². The lowest BCUT2D eigenvalue weighted by molar-refractivity contribution is 0.0139. The molecule has 0 N–H and O–H groups in total. The zero-order valence-electron chi connectivity index (χ0n) is 16.3. The van der Waals surface area contributed by atoms with Crippen molar-refractivity contribution in [3.8, 4) is 0 Å². The molecule has 0 unspecified atom stereocenters. The van der Waals surface area contributed by atoms with Gasteiger partial charge in [-0.05, 0) is 56.5 Å². The van der Waals surface area contributed by atoms with Crippen molar-refractivity contribution in [2.75, 3.05) is 26.2 Å². The summed E-state index contributed by atoms with van der Waals surface area (Å²) in [5.41, 5.74) is 8.75. The zero-order valence-corrected chi connectivity index (χ0v) is 17.2. The van der Waals surface area contributed by atoms with Crippen molar-refractivity contribution in [3.63, 3.8) is 0 Å². The van der Waals surface area contributed by atoms with Crippen LogP contribution in [0.3, 0.4) is 0 Å². The Labute approximate surface area is 163 Å². The number of halogens is 1. The van der Waals surface area contributed by atoms with Gasteiger partial charge in [0.2, 0.25) is 0 Å². The number of azide groups is 1. The summed E-state index contributed by atoms with van der Waals surface area (Å²) in [5.74, 6) is 0. The average molecular weight is 413 g/mol. The lowest BCUT2D eigenvalue weighted by atomic mass is 10.1. The summed E-state index contributed by atoms with van der Waals surface area (Å²) in [5, 5.41) is 3.46. The van der Waals surface area contributed by atoms with Gasteiger partial charge in [0.25, 0.3) is 0 Å². The molecule has 1 amide bonds. The van der Waals surface area contributed by atoms with Gasteiger partial charge in [0.05, 0.1) is 0 Å². The van der Waals surface area contributed by atoms with Crippen LogP contribution in [0.1, 0.15) is 31.9 Å². The highest BCUT2D eigenvalue weighted by Crippen LogP contribution is 2.30. The van der Waals surface area contributed by atoms with E-state index in [1.165, 1.54) is 13.0 Å². The molecule has 0 aromatic heterocycles. The van der Waals surface area contributed by atoms with Gasteiger partial charge in [0, 0.05) is 43.3 Å². The van der Waals surface area contributed by atoms with Gasteiger partial charge in [-0.1, -0.05) is 5.11 Å². The molecule has 1 aromatic rings. The monoisotopic (exact) mass is 413 g/mol. The number of carbonyl (C=O) groups excluding carboxylic acids is 1. The van der Waals surface area contributed by atoms with Gasteiger partial charge in [-0.25, -0.2) is 4.79 Å². The standard InChI is InChI=1S/C17H24FN5O4S/c1-12-14(20-21-19)9-13(10-15(12)28(18,25)26)11-22-5-7-23(8-6-22)16(24)27-17(2,3)4/h9-10H,5-8,11H2,1-4H3. The lowest BCUT2D eigenvalue weighted by Gasteiger charge is -2.35. The number of amides is 1. The average Bonchev–Trinajstić information content (AvgIpc) is 2.56. The maximum Gasteiger partial charge on any atom is 0.410 e. The van der Waals surface area contributed by atoms with Crippen molar-refractivity contribution in [2.24, 2.45) is 5.11 Å².